The number of aromatic amines is 1. The van der Waals surface area contributed by atoms with Crippen molar-refractivity contribution in [2.45, 2.75) is 57.6 Å². The van der Waals surface area contributed by atoms with Crippen LogP contribution in [0.3, 0.4) is 0 Å². The predicted molar refractivity (Wildman–Crippen MR) is 125 cm³/mol. The van der Waals surface area contributed by atoms with E-state index in [-0.39, 0.29) is 22.8 Å². The lowest BCUT2D eigenvalue weighted by Gasteiger charge is -2.32. The molecule has 6 nitrogen and oxygen atoms in total. The number of aromatic nitrogens is 1. The summed E-state index contributed by atoms with van der Waals surface area (Å²) in [6.45, 7) is 12.8. The van der Waals surface area contributed by atoms with Crippen LogP contribution in [0.4, 0.5) is 0 Å². The molecule has 0 unspecified atom stereocenters. The van der Waals surface area contributed by atoms with Crippen LogP contribution in [0.1, 0.15) is 50.9 Å². The summed E-state index contributed by atoms with van der Waals surface area (Å²) in [6, 6.07) is 3.55. The maximum atomic E-state index is 13.2. The fourth-order valence-corrected chi connectivity index (χ4v) is 4.81. The second-order valence-corrected chi connectivity index (χ2v) is 9.98. The number of carbonyl (C=O) groups is 2. The Balaban J connectivity index is 1.61. The van der Waals surface area contributed by atoms with Gasteiger partial charge in [-0.15, -0.1) is 6.58 Å². The van der Waals surface area contributed by atoms with Gasteiger partial charge in [-0.25, -0.2) is 0 Å². The van der Waals surface area contributed by atoms with Gasteiger partial charge in [0.05, 0.1) is 0 Å². The van der Waals surface area contributed by atoms with Crippen LogP contribution in [0.25, 0.3) is 17.0 Å². The Kier molecular flexibility index (Phi) is 4.42. The smallest absolute Gasteiger partial charge is 0.268 e. The summed E-state index contributed by atoms with van der Waals surface area (Å²) in [5, 5.41) is 3.97. The third kappa shape index (κ3) is 3.17. The number of ether oxygens (including phenoxy) is 1. The second-order valence-electron chi connectivity index (χ2n) is 9.98. The molecule has 166 valence electrons. The van der Waals surface area contributed by atoms with Crippen LogP contribution in [0.2, 0.25) is 0 Å². The summed E-state index contributed by atoms with van der Waals surface area (Å²) in [5.74, 6) is 0.607. The molecule has 6 heteroatoms. The molecular formula is C26H29N3O3. The van der Waals surface area contributed by atoms with Crippen molar-refractivity contribution < 1.29 is 14.3 Å². The number of hydrogen-bond acceptors (Lipinski definition) is 3. The van der Waals surface area contributed by atoms with E-state index < -0.39 is 6.04 Å². The number of hydrogen-bond donors (Lipinski definition) is 2. The van der Waals surface area contributed by atoms with Crippen molar-refractivity contribution in [3.8, 4) is 5.75 Å². The zero-order valence-electron chi connectivity index (χ0n) is 19.0. The van der Waals surface area contributed by atoms with Gasteiger partial charge < -0.3 is 19.9 Å². The van der Waals surface area contributed by atoms with E-state index in [0.29, 0.717) is 18.7 Å². The lowest BCUT2D eigenvalue weighted by molar-refractivity contribution is -0.139. The Hall–Kier alpha value is -3.28. The zero-order valence-corrected chi connectivity index (χ0v) is 19.0. The molecule has 3 aliphatic heterocycles. The average molecular weight is 432 g/mol. The van der Waals surface area contributed by atoms with Gasteiger partial charge >= 0.3 is 0 Å². The first kappa shape index (κ1) is 20.6. The molecule has 0 saturated carbocycles. The number of benzene rings is 1. The molecule has 32 heavy (non-hydrogen) atoms. The molecule has 4 heterocycles. The van der Waals surface area contributed by atoms with Crippen LogP contribution in [-0.4, -0.2) is 39.9 Å². The number of piperazine rings is 1. The summed E-state index contributed by atoms with van der Waals surface area (Å²) in [6.07, 6.45) is 9.01. The molecule has 1 saturated heterocycles. The van der Waals surface area contributed by atoms with Crippen molar-refractivity contribution in [1.29, 1.82) is 0 Å². The molecule has 0 aliphatic carbocycles. The molecule has 1 atom stereocenters. The molecule has 0 spiro atoms. The number of rotatable bonds is 4. The van der Waals surface area contributed by atoms with Crippen LogP contribution < -0.4 is 10.1 Å². The number of nitrogens with one attached hydrogen (secondary N) is 2. The predicted octanol–water partition coefficient (Wildman–Crippen LogP) is 3.97. The summed E-state index contributed by atoms with van der Waals surface area (Å²) in [4.78, 5) is 30.9. The summed E-state index contributed by atoms with van der Waals surface area (Å²) < 4.78 is 6.17. The highest BCUT2D eigenvalue weighted by atomic mass is 16.5. The molecule has 5 rings (SSSR count). The topological polar surface area (TPSA) is 74.4 Å². The minimum atomic E-state index is -0.599. The van der Waals surface area contributed by atoms with Gasteiger partial charge in [0.15, 0.2) is 0 Å². The monoisotopic (exact) mass is 431 g/mol. The third-order valence-electron chi connectivity index (χ3n) is 6.72. The largest absolute Gasteiger partial charge is 0.483 e. The standard InChI is InChI=1S/C26H29N3O3/c1-6-25(2,3)22-17(13-19-24(31)29-11-7-8-20(29)23(30)28-19)16-12-15-9-10-26(4,5)32-21(15)14-18(16)27-22/h6,8-10,12,14,19,27H,1,7,11,13H2,2-5H3,(H,28,30)/t19-/m1/s1. The van der Waals surface area contributed by atoms with Gasteiger partial charge in [-0.2, -0.15) is 0 Å². The molecule has 0 radical (unpaired) electrons. The van der Waals surface area contributed by atoms with Crippen LogP contribution in [0.5, 0.6) is 5.75 Å². The van der Waals surface area contributed by atoms with E-state index in [1.165, 1.54) is 0 Å². The van der Waals surface area contributed by atoms with E-state index in [0.717, 1.165) is 39.9 Å². The first-order valence-corrected chi connectivity index (χ1v) is 11.1. The van der Waals surface area contributed by atoms with Crippen LogP contribution in [-0.2, 0) is 21.4 Å². The van der Waals surface area contributed by atoms with E-state index in [1.54, 1.807) is 4.90 Å². The highest BCUT2D eigenvalue weighted by Crippen LogP contribution is 2.39. The first-order chi connectivity index (χ1) is 15.1. The van der Waals surface area contributed by atoms with Crippen molar-refractivity contribution in [3.63, 3.8) is 0 Å². The van der Waals surface area contributed by atoms with Crippen LogP contribution in [0, 0.1) is 0 Å². The SMILES string of the molecule is C=CC(C)(C)c1[nH]c2cc3c(cc2c1C[C@H]1NC(=O)C2=CCCN2C1=O)C=CC(C)(C)O3. The minimum Gasteiger partial charge on any atom is -0.483 e. The maximum Gasteiger partial charge on any atom is 0.268 e. The molecule has 0 bridgehead atoms. The van der Waals surface area contributed by atoms with E-state index in [1.807, 2.05) is 38.1 Å². The Morgan fingerprint density at radius 1 is 1.31 bits per heavy atom. The van der Waals surface area contributed by atoms with Crippen LogP contribution in [0.15, 0.2) is 42.6 Å². The van der Waals surface area contributed by atoms with Crippen molar-refractivity contribution in [1.82, 2.24) is 15.2 Å². The Labute approximate surface area is 188 Å². The van der Waals surface area contributed by atoms with Gasteiger partial charge in [-0.05, 0) is 38.0 Å². The number of amides is 2. The number of carbonyl (C=O) groups excluding carboxylic acids is 2. The first-order valence-electron chi connectivity index (χ1n) is 11.1. The molecule has 1 aromatic carbocycles. The van der Waals surface area contributed by atoms with Gasteiger partial charge in [0, 0.05) is 46.6 Å². The minimum absolute atomic E-state index is 0.0482. The highest BCUT2D eigenvalue weighted by molar-refractivity contribution is 6.05. The normalized spacial score (nSPS) is 21.7. The highest BCUT2D eigenvalue weighted by Gasteiger charge is 2.39. The average Bonchev–Trinajstić information content (AvgIpc) is 3.36. The molecule has 1 fully saturated rings. The fourth-order valence-electron chi connectivity index (χ4n) is 4.81. The number of allylic oxidation sites excluding steroid dienone is 1. The maximum absolute atomic E-state index is 13.2. The Morgan fingerprint density at radius 2 is 2.09 bits per heavy atom. The van der Waals surface area contributed by atoms with E-state index in [4.69, 9.17) is 4.74 Å². The number of nitrogens with zero attached hydrogens (tertiary/aromatic N) is 1. The van der Waals surface area contributed by atoms with E-state index in [2.05, 4.69) is 42.9 Å². The van der Waals surface area contributed by atoms with Gasteiger partial charge in [0.25, 0.3) is 5.91 Å². The van der Waals surface area contributed by atoms with Gasteiger partial charge in [0.2, 0.25) is 5.91 Å². The van der Waals surface area contributed by atoms with E-state index >= 15 is 0 Å². The van der Waals surface area contributed by atoms with Crippen molar-refractivity contribution >= 4 is 28.8 Å². The summed E-state index contributed by atoms with van der Waals surface area (Å²) in [5.41, 5.74) is 3.75. The van der Waals surface area contributed by atoms with E-state index in [9.17, 15) is 9.59 Å². The van der Waals surface area contributed by atoms with Gasteiger partial charge in [-0.3, -0.25) is 9.59 Å². The van der Waals surface area contributed by atoms with Crippen LogP contribution >= 0.6 is 0 Å². The quantitative estimate of drug-likeness (QED) is 0.720. The zero-order chi connectivity index (χ0) is 22.8. The van der Waals surface area contributed by atoms with Crippen molar-refractivity contribution in [2.75, 3.05) is 6.54 Å². The second kappa shape index (κ2) is 6.86. The molecule has 3 aliphatic rings. The molecule has 2 amide bonds. The molecular weight excluding hydrogens is 402 g/mol. The summed E-state index contributed by atoms with van der Waals surface area (Å²) in [7, 11) is 0. The molecule has 2 aromatic rings. The van der Waals surface area contributed by atoms with Gasteiger partial charge in [-0.1, -0.05) is 32.1 Å². The third-order valence-corrected chi connectivity index (χ3v) is 6.72. The van der Waals surface area contributed by atoms with Crippen molar-refractivity contribution in [3.05, 3.63) is 59.5 Å². The van der Waals surface area contributed by atoms with Gasteiger partial charge in [0.1, 0.15) is 23.1 Å². The molecule has 2 N–H and O–H groups in total. The van der Waals surface area contributed by atoms with Crippen molar-refractivity contribution in [2.24, 2.45) is 0 Å². The molecule has 1 aromatic heterocycles. The number of H-pyrrole nitrogens is 1. The Morgan fingerprint density at radius 3 is 2.84 bits per heavy atom. The number of fused-ring (bicyclic) bond motifs is 3. The lowest BCUT2D eigenvalue weighted by atomic mass is 9.84. The lowest BCUT2D eigenvalue weighted by Crippen LogP contribution is -2.56. The summed E-state index contributed by atoms with van der Waals surface area (Å²) >= 11 is 0. The Bertz CT molecular complexity index is 1230. The fraction of sp³-hybridized carbons (Fsp3) is 0.385.